The van der Waals surface area contributed by atoms with Gasteiger partial charge in [-0.05, 0) is 31.5 Å². The summed E-state index contributed by atoms with van der Waals surface area (Å²) in [7, 11) is 2.19. The van der Waals surface area contributed by atoms with Gasteiger partial charge in [-0.15, -0.1) is 0 Å². The topological polar surface area (TPSA) is 15.3 Å². The Labute approximate surface area is 113 Å². The number of nitrogens with zero attached hydrogens (tertiary/aromatic N) is 1. The van der Waals surface area contributed by atoms with Gasteiger partial charge in [0.1, 0.15) is 0 Å². The lowest BCUT2D eigenvalue weighted by molar-refractivity contribution is 0.321. The molecule has 0 saturated heterocycles. The van der Waals surface area contributed by atoms with Gasteiger partial charge >= 0.3 is 0 Å². The summed E-state index contributed by atoms with van der Waals surface area (Å²) in [6.45, 7) is 2.84. The molecule has 1 aliphatic carbocycles. The van der Waals surface area contributed by atoms with Crippen molar-refractivity contribution < 1.29 is 0 Å². The highest BCUT2D eigenvalue weighted by molar-refractivity contribution is 6.42. The molecular weight excluding hydrogens is 255 g/mol. The third-order valence-electron chi connectivity index (χ3n) is 3.16. The fourth-order valence-corrected chi connectivity index (χ4v) is 2.25. The molecule has 1 aromatic carbocycles. The van der Waals surface area contributed by atoms with Crippen LogP contribution in [-0.2, 0) is 6.54 Å². The maximum absolute atomic E-state index is 6.11. The third-order valence-corrected chi connectivity index (χ3v) is 4.02. The molecule has 0 heterocycles. The van der Waals surface area contributed by atoms with Crippen molar-refractivity contribution in [3.05, 3.63) is 33.8 Å². The molecule has 1 N–H and O–H groups in total. The summed E-state index contributed by atoms with van der Waals surface area (Å²) in [5.74, 6) is 0. The summed E-state index contributed by atoms with van der Waals surface area (Å²) in [4.78, 5) is 2.41. The predicted molar refractivity (Wildman–Crippen MR) is 73.8 cm³/mol. The summed E-state index contributed by atoms with van der Waals surface area (Å²) in [5, 5.41) is 4.69. The first kappa shape index (κ1) is 13.2. The van der Waals surface area contributed by atoms with Crippen LogP contribution in [0.2, 0.25) is 10.0 Å². The second-order valence-electron chi connectivity index (χ2n) is 4.60. The van der Waals surface area contributed by atoms with Crippen molar-refractivity contribution in [1.29, 1.82) is 0 Å². The Hall–Kier alpha value is -0.280. The molecule has 0 atom stereocenters. The molecule has 0 bridgehead atoms. The van der Waals surface area contributed by atoms with Crippen LogP contribution < -0.4 is 5.32 Å². The SMILES string of the molecule is CN(CCNCc1cccc(Cl)c1Cl)C1CC1. The molecule has 0 spiro atoms. The van der Waals surface area contributed by atoms with Gasteiger partial charge in [0, 0.05) is 25.7 Å². The van der Waals surface area contributed by atoms with E-state index in [1.54, 1.807) is 0 Å². The molecule has 17 heavy (non-hydrogen) atoms. The van der Waals surface area contributed by atoms with Gasteiger partial charge in [-0.3, -0.25) is 0 Å². The Morgan fingerprint density at radius 3 is 2.82 bits per heavy atom. The monoisotopic (exact) mass is 272 g/mol. The Morgan fingerprint density at radius 2 is 2.12 bits per heavy atom. The standard InChI is InChI=1S/C13H18Cl2N2/c1-17(11-5-6-11)8-7-16-9-10-3-2-4-12(14)13(10)15/h2-4,11,16H,5-9H2,1H3. The fraction of sp³-hybridized carbons (Fsp3) is 0.538. The van der Waals surface area contributed by atoms with E-state index in [1.807, 2.05) is 18.2 Å². The van der Waals surface area contributed by atoms with Crippen molar-refractivity contribution in [2.75, 3.05) is 20.1 Å². The van der Waals surface area contributed by atoms with E-state index in [9.17, 15) is 0 Å². The van der Waals surface area contributed by atoms with Crippen molar-refractivity contribution in [3.63, 3.8) is 0 Å². The van der Waals surface area contributed by atoms with E-state index >= 15 is 0 Å². The predicted octanol–water partition coefficient (Wildman–Crippen LogP) is 3.18. The van der Waals surface area contributed by atoms with Crippen LogP contribution in [0.3, 0.4) is 0 Å². The number of benzene rings is 1. The Bertz CT molecular complexity index is 378. The number of likely N-dealkylation sites (N-methyl/N-ethyl adjacent to an activating group) is 1. The van der Waals surface area contributed by atoms with Gasteiger partial charge < -0.3 is 10.2 Å². The molecule has 0 unspecified atom stereocenters. The first-order valence-electron chi connectivity index (χ1n) is 6.02. The maximum Gasteiger partial charge on any atom is 0.0637 e. The number of rotatable bonds is 6. The summed E-state index contributed by atoms with van der Waals surface area (Å²) >= 11 is 12.1. The van der Waals surface area contributed by atoms with E-state index in [0.29, 0.717) is 10.0 Å². The highest BCUT2D eigenvalue weighted by Gasteiger charge is 2.25. The van der Waals surface area contributed by atoms with Gasteiger partial charge in [0.2, 0.25) is 0 Å². The quantitative estimate of drug-likeness (QED) is 0.801. The minimum atomic E-state index is 0.626. The van der Waals surface area contributed by atoms with Gasteiger partial charge in [0.15, 0.2) is 0 Å². The van der Waals surface area contributed by atoms with Crippen LogP contribution in [0.1, 0.15) is 18.4 Å². The van der Waals surface area contributed by atoms with Crippen molar-refractivity contribution in [1.82, 2.24) is 10.2 Å². The van der Waals surface area contributed by atoms with Crippen molar-refractivity contribution >= 4 is 23.2 Å². The smallest absolute Gasteiger partial charge is 0.0637 e. The normalized spacial score (nSPS) is 15.5. The molecule has 2 rings (SSSR count). The molecule has 1 aromatic rings. The van der Waals surface area contributed by atoms with E-state index in [2.05, 4.69) is 17.3 Å². The second-order valence-corrected chi connectivity index (χ2v) is 5.39. The average Bonchev–Trinajstić information content (AvgIpc) is 3.13. The Kier molecular flexibility index (Phi) is 4.69. The lowest BCUT2D eigenvalue weighted by atomic mass is 10.2. The summed E-state index contributed by atoms with van der Waals surface area (Å²) in [5.41, 5.74) is 1.06. The van der Waals surface area contributed by atoms with Gasteiger partial charge in [-0.1, -0.05) is 35.3 Å². The third kappa shape index (κ3) is 3.85. The van der Waals surface area contributed by atoms with Crippen LogP contribution in [0.4, 0.5) is 0 Å². The number of halogens is 2. The molecule has 2 nitrogen and oxygen atoms in total. The minimum Gasteiger partial charge on any atom is -0.311 e. The van der Waals surface area contributed by atoms with Crippen LogP contribution >= 0.6 is 23.2 Å². The van der Waals surface area contributed by atoms with Gasteiger partial charge in [-0.25, -0.2) is 0 Å². The largest absolute Gasteiger partial charge is 0.311 e. The van der Waals surface area contributed by atoms with Gasteiger partial charge in [0.25, 0.3) is 0 Å². The molecule has 94 valence electrons. The highest BCUT2D eigenvalue weighted by atomic mass is 35.5. The number of nitrogens with one attached hydrogen (secondary N) is 1. The van der Waals surface area contributed by atoms with Crippen LogP contribution in [0.5, 0.6) is 0 Å². The zero-order chi connectivity index (χ0) is 12.3. The van der Waals surface area contributed by atoms with E-state index < -0.39 is 0 Å². The number of hydrogen-bond acceptors (Lipinski definition) is 2. The molecule has 1 saturated carbocycles. The molecule has 0 amide bonds. The minimum absolute atomic E-state index is 0.626. The molecule has 1 aliphatic rings. The van der Waals surface area contributed by atoms with Gasteiger partial charge in [-0.2, -0.15) is 0 Å². The Balaban J connectivity index is 1.72. The maximum atomic E-state index is 6.11. The molecule has 4 heteroatoms. The first-order chi connectivity index (χ1) is 8.18. The molecule has 0 aromatic heterocycles. The van der Waals surface area contributed by atoms with Crippen molar-refractivity contribution in [3.8, 4) is 0 Å². The average molecular weight is 273 g/mol. The molecular formula is C13H18Cl2N2. The van der Waals surface area contributed by atoms with E-state index in [-0.39, 0.29) is 0 Å². The van der Waals surface area contributed by atoms with Crippen molar-refractivity contribution in [2.24, 2.45) is 0 Å². The summed E-state index contributed by atoms with van der Waals surface area (Å²) < 4.78 is 0. The fourth-order valence-electron chi connectivity index (χ4n) is 1.86. The molecule has 1 fully saturated rings. The lowest BCUT2D eigenvalue weighted by Crippen LogP contribution is -2.30. The summed E-state index contributed by atoms with van der Waals surface area (Å²) in [6, 6.07) is 6.58. The Morgan fingerprint density at radius 1 is 1.35 bits per heavy atom. The number of hydrogen-bond donors (Lipinski definition) is 1. The lowest BCUT2D eigenvalue weighted by Gasteiger charge is -2.16. The highest BCUT2D eigenvalue weighted by Crippen LogP contribution is 2.26. The van der Waals surface area contributed by atoms with E-state index in [0.717, 1.165) is 31.2 Å². The van der Waals surface area contributed by atoms with E-state index in [4.69, 9.17) is 23.2 Å². The summed E-state index contributed by atoms with van der Waals surface area (Å²) in [6.07, 6.45) is 2.72. The van der Waals surface area contributed by atoms with Crippen LogP contribution in [0, 0.1) is 0 Å². The zero-order valence-electron chi connectivity index (χ0n) is 10.0. The van der Waals surface area contributed by atoms with Crippen LogP contribution in [0.15, 0.2) is 18.2 Å². The molecule has 0 radical (unpaired) electrons. The zero-order valence-corrected chi connectivity index (χ0v) is 11.6. The van der Waals surface area contributed by atoms with E-state index in [1.165, 1.54) is 12.8 Å². The first-order valence-corrected chi connectivity index (χ1v) is 6.78. The molecule has 0 aliphatic heterocycles. The van der Waals surface area contributed by atoms with Crippen LogP contribution in [-0.4, -0.2) is 31.1 Å². The van der Waals surface area contributed by atoms with Crippen molar-refractivity contribution in [2.45, 2.75) is 25.4 Å². The van der Waals surface area contributed by atoms with Crippen LogP contribution in [0.25, 0.3) is 0 Å². The second kappa shape index (κ2) is 6.05. The van der Waals surface area contributed by atoms with Gasteiger partial charge in [0.05, 0.1) is 10.0 Å².